The first-order valence-electron chi connectivity index (χ1n) is 6.11. The minimum Gasteiger partial charge on any atom is -0.377 e. The van der Waals surface area contributed by atoms with E-state index in [-0.39, 0.29) is 11.6 Å². The summed E-state index contributed by atoms with van der Waals surface area (Å²) in [5, 5.41) is 20.9. The Morgan fingerprint density at radius 2 is 1.75 bits per heavy atom. The summed E-state index contributed by atoms with van der Waals surface area (Å²) in [4.78, 5) is 0. The third kappa shape index (κ3) is 2.76. The molecule has 4 heteroatoms. The van der Waals surface area contributed by atoms with Crippen LogP contribution in [0.15, 0.2) is 42.5 Å². The summed E-state index contributed by atoms with van der Waals surface area (Å²) in [6.45, 7) is 1.91. The number of nitriles is 2. The average Bonchev–Trinajstić information content (AvgIpc) is 2.47. The van der Waals surface area contributed by atoms with Crippen LogP contribution in [0.25, 0.3) is 0 Å². The molecule has 1 N–H and O–H groups in total. The molecule has 0 saturated heterocycles. The molecule has 2 aromatic carbocycles. The second-order valence-corrected chi connectivity index (χ2v) is 4.37. The maximum absolute atomic E-state index is 13.5. The van der Waals surface area contributed by atoms with Crippen molar-refractivity contribution in [3.05, 3.63) is 65.0 Å². The maximum atomic E-state index is 13.5. The van der Waals surface area contributed by atoms with Gasteiger partial charge >= 0.3 is 0 Å². The molecule has 0 aliphatic heterocycles. The molecule has 0 radical (unpaired) electrons. The van der Waals surface area contributed by atoms with Gasteiger partial charge in [0.1, 0.15) is 17.4 Å². The lowest BCUT2D eigenvalue weighted by Gasteiger charge is -2.17. The Labute approximate surface area is 116 Å². The number of rotatable bonds is 3. The second kappa shape index (κ2) is 5.86. The first kappa shape index (κ1) is 13.6. The molecular weight excluding hydrogens is 253 g/mol. The van der Waals surface area contributed by atoms with Crippen molar-refractivity contribution in [3.63, 3.8) is 0 Å². The fourth-order valence-corrected chi connectivity index (χ4v) is 1.92. The van der Waals surface area contributed by atoms with Crippen molar-refractivity contribution >= 4 is 5.69 Å². The zero-order chi connectivity index (χ0) is 14.5. The molecule has 20 heavy (non-hydrogen) atoms. The minimum absolute atomic E-state index is 0.00740. The van der Waals surface area contributed by atoms with Gasteiger partial charge in [0.15, 0.2) is 0 Å². The van der Waals surface area contributed by atoms with Crippen LogP contribution in [-0.2, 0) is 0 Å². The molecule has 0 aliphatic carbocycles. The van der Waals surface area contributed by atoms with Crippen molar-refractivity contribution in [3.8, 4) is 12.1 Å². The smallest absolute Gasteiger partial charge is 0.143 e. The topological polar surface area (TPSA) is 59.6 Å². The predicted octanol–water partition coefficient (Wildman–Crippen LogP) is 3.74. The molecule has 1 atom stereocenters. The predicted molar refractivity (Wildman–Crippen MR) is 74.3 cm³/mol. The van der Waals surface area contributed by atoms with E-state index in [2.05, 4.69) is 11.4 Å². The van der Waals surface area contributed by atoms with Gasteiger partial charge in [0.2, 0.25) is 0 Å². The molecule has 0 aliphatic rings. The Hall–Kier alpha value is -2.85. The van der Waals surface area contributed by atoms with Gasteiger partial charge in [0, 0.05) is 6.04 Å². The molecule has 3 nitrogen and oxygen atoms in total. The molecule has 2 rings (SSSR count). The summed E-state index contributed by atoms with van der Waals surface area (Å²) in [6, 6.07) is 15.4. The van der Waals surface area contributed by atoms with Gasteiger partial charge in [-0.25, -0.2) is 4.39 Å². The van der Waals surface area contributed by atoms with Gasteiger partial charge in [-0.1, -0.05) is 18.2 Å². The molecule has 0 bridgehead atoms. The van der Waals surface area contributed by atoms with E-state index in [0.717, 1.165) is 5.56 Å². The van der Waals surface area contributed by atoms with Crippen LogP contribution in [0.2, 0.25) is 0 Å². The van der Waals surface area contributed by atoms with Gasteiger partial charge in [0.25, 0.3) is 0 Å². The molecule has 98 valence electrons. The molecule has 0 aromatic heterocycles. The molecule has 0 heterocycles. The highest BCUT2D eigenvalue weighted by Gasteiger charge is 2.11. The van der Waals surface area contributed by atoms with Crippen LogP contribution >= 0.6 is 0 Å². The molecule has 0 fully saturated rings. The highest BCUT2D eigenvalue weighted by atomic mass is 19.1. The van der Waals surface area contributed by atoms with Crippen LogP contribution in [0.3, 0.4) is 0 Å². The number of nitrogens with one attached hydrogen (secondary N) is 1. The number of hydrogen-bond acceptors (Lipinski definition) is 3. The van der Waals surface area contributed by atoms with Crippen LogP contribution in [0.1, 0.15) is 29.7 Å². The first-order valence-corrected chi connectivity index (χ1v) is 6.11. The Kier molecular flexibility index (Phi) is 3.98. The van der Waals surface area contributed by atoms with E-state index in [0.29, 0.717) is 11.3 Å². The van der Waals surface area contributed by atoms with E-state index in [1.165, 1.54) is 6.07 Å². The summed E-state index contributed by atoms with van der Waals surface area (Å²) in [5.41, 5.74) is 2.01. The number of benzene rings is 2. The Morgan fingerprint density at radius 1 is 1.05 bits per heavy atom. The largest absolute Gasteiger partial charge is 0.377 e. The summed E-state index contributed by atoms with van der Waals surface area (Å²) in [6.07, 6.45) is 0. The average molecular weight is 265 g/mol. The molecular formula is C16H12FN3. The highest BCUT2D eigenvalue weighted by Crippen LogP contribution is 2.24. The van der Waals surface area contributed by atoms with Crippen molar-refractivity contribution in [2.75, 3.05) is 5.32 Å². The molecule has 1 unspecified atom stereocenters. The quantitative estimate of drug-likeness (QED) is 0.919. The van der Waals surface area contributed by atoms with Crippen molar-refractivity contribution in [2.45, 2.75) is 13.0 Å². The summed E-state index contributed by atoms with van der Waals surface area (Å²) >= 11 is 0. The third-order valence-corrected chi connectivity index (χ3v) is 3.04. The van der Waals surface area contributed by atoms with Gasteiger partial charge in [-0.3, -0.25) is 0 Å². The van der Waals surface area contributed by atoms with Gasteiger partial charge in [-0.05, 0) is 36.8 Å². The van der Waals surface area contributed by atoms with Gasteiger partial charge < -0.3 is 5.32 Å². The number of anilines is 1. The normalized spacial score (nSPS) is 11.2. The van der Waals surface area contributed by atoms with E-state index >= 15 is 0 Å². The maximum Gasteiger partial charge on any atom is 0.143 e. The van der Waals surface area contributed by atoms with Crippen molar-refractivity contribution < 1.29 is 4.39 Å². The standard InChI is InChI=1S/C16H12FN3/c1-11(13-7-5-12(9-18)6-8-13)20-16-4-2-3-15(17)14(16)10-19/h2-8,11,20H,1H3. The Bertz CT molecular complexity index is 693. The Balaban J connectivity index is 2.24. The number of hydrogen-bond donors (Lipinski definition) is 1. The van der Waals surface area contributed by atoms with Gasteiger partial charge in [0.05, 0.1) is 17.3 Å². The van der Waals surface area contributed by atoms with Crippen molar-refractivity contribution in [2.24, 2.45) is 0 Å². The lowest BCUT2D eigenvalue weighted by atomic mass is 10.1. The number of nitrogens with zero attached hydrogens (tertiary/aromatic N) is 2. The van der Waals surface area contributed by atoms with Crippen molar-refractivity contribution in [1.82, 2.24) is 0 Å². The van der Waals surface area contributed by atoms with Crippen LogP contribution in [0.5, 0.6) is 0 Å². The second-order valence-electron chi connectivity index (χ2n) is 4.37. The molecule has 2 aromatic rings. The molecule has 0 spiro atoms. The van der Waals surface area contributed by atoms with E-state index < -0.39 is 5.82 Å². The van der Waals surface area contributed by atoms with E-state index in [4.69, 9.17) is 10.5 Å². The third-order valence-electron chi connectivity index (χ3n) is 3.04. The van der Waals surface area contributed by atoms with Crippen LogP contribution in [0.4, 0.5) is 10.1 Å². The summed E-state index contributed by atoms with van der Waals surface area (Å²) in [7, 11) is 0. The zero-order valence-electron chi connectivity index (χ0n) is 10.9. The fraction of sp³-hybridized carbons (Fsp3) is 0.125. The molecule has 0 saturated carbocycles. The monoisotopic (exact) mass is 265 g/mol. The fourth-order valence-electron chi connectivity index (χ4n) is 1.92. The first-order chi connectivity index (χ1) is 9.65. The van der Waals surface area contributed by atoms with Crippen molar-refractivity contribution in [1.29, 1.82) is 10.5 Å². The van der Waals surface area contributed by atoms with Gasteiger partial charge in [-0.15, -0.1) is 0 Å². The van der Waals surface area contributed by atoms with Crippen LogP contribution in [0, 0.1) is 28.5 Å². The lowest BCUT2D eigenvalue weighted by molar-refractivity contribution is 0.624. The Morgan fingerprint density at radius 3 is 2.35 bits per heavy atom. The van der Waals surface area contributed by atoms with Gasteiger partial charge in [-0.2, -0.15) is 10.5 Å². The molecule has 0 amide bonds. The highest BCUT2D eigenvalue weighted by molar-refractivity contribution is 5.58. The summed E-state index contributed by atoms with van der Waals surface area (Å²) < 4.78 is 13.5. The number of halogens is 1. The van der Waals surface area contributed by atoms with Crippen LogP contribution < -0.4 is 5.32 Å². The van der Waals surface area contributed by atoms with E-state index in [1.54, 1.807) is 24.3 Å². The zero-order valence-corrected chi connectivity index (χ0v) is 10.9. The van der Waals surface area contributed by atoms with E-state index in [1.807, 2.05) is 25.1 Å². The van der Waals surface area contributed by atoms with Crippen LogP contribution in [-0.4, -0.2) is 0 Å². The summed E-state index contributed by atoms with van der Waals surface area (Å²) in [5.74, 6) is -0.537. The van der Waals surface area contributed by atoms with E-state index in [9.17, 15) is 4.39 Å². The lowest BCUT2D eigenvalue weighted by Crippen LogP contribution is -2.08. The minimum atomic E-state index is -0.537. The SMILES string of the molecule is CC(Nc1cccc(F)c1C#N)c1ccc(C#N)cc1.